The summed E-state index contributed by atoms with van der Waals surface area (Å²) in [6.45, 7) is 5.56. The molecule has 0 heterocycles. The fraction of sp³-hybridized carbons (Fsp3) is 0.391. The molecule has 1 unspecified atom stereocenters. The van der Waals surface area contributed by atoms with Crippen LogP contribution in [0.2, 0.25) is 0 Å². The first-order valence-electron chi connectivity index (χ1n) is 10.4. The van der Waals surface area contributed by atoms with E-state index in [4.69, 9.17) is 0 Å². The van der Waals surface area contributed by atoms with Crippen molar-refractivity contribution in [3.8, 4) is 0 Å². The quantitative estimate of drug-likeness (QED) is 0.587. The standard InChI is InChI=1S/C23H30FN3O4S/c1-5-13-25-23(29)18(3)26(15-19-8-6-7-17(2)14-19)22(28)16-27(32(4,30)31)21-11-9-20(24)10-12-21/h6-12,14,18H,5,13,15-16H2,1-4H3,(H,25,29). The van der Waals surface area contributed by atoms with Crippen molar-refractivity contribution < 1.29 is 22.4 Å². The van der Waals surface area contributed by atoms with Crippen molar-refractivity contribution in [3.05, 3.63) is 65.5 Å². The lowest BCUT2D eigenvalue weighted by molar-refractivity contribution is -0.139. The first-order valence-corrected chi connectivity index (χ1v) is 12.2. The van der Waals surface area contributed by atoms with Crippen LogP contribution in [0.25, 0.3) is 0 Å². The van der Waals surface area contributed by atoms with E-state index in [1.807, 2.05) is 38.1 Å². The number of rotatable bonds is 10. The van der Waals surface area contributed by atoms with Crippen LogP contribution < -0.4 is 9.62 Å². The van der Waals surface area contributed by atoms with Crippen LogP contribution in [0.1, 0.15) is 31.4 Å². The molecule has 7 nitrogen and oxygen atoms in total. The summed E-state index contributed by atoms with van der Waals surface area (Å²) in [5.74, 6) is -1.38. The van der Waals surface area contributed by atoms with Gasteiger partial charge in [0.2, 0.25) is 21.8 Å². The predicted molar refractivity (Wildman–Crippen MR) is 123 cm³/mol. The molecule has 174 valence electrons. The van der Waals surface area contributed by atoms with E-state index in [-0.39, 0.29) is 18.1 Å². The molecule has 0 aromatic heterocycles. The molecule has 0 bridgehead atoms. The molecule has 0 spiro atoms. The highest BCUT2D eigenvalue weighted by molar-refractivity contribution is 7.92. The molecule has 2 amide bonds. The number of hydrogen-bond acceptors (Lipinski definition) is 4. The Morgan fingerprint density at radius 3 is 2.34 bits per heavy atom. The van der Waals surface area contributed by atoms with Gasteiger partial charge in [-0.1, -0.05) is 36.8 Å². The number of nitrogens with one attached hydrogen (secondary N) is 1. The first-order chi connectivity index (χ1) is 15.0. The van der Waals surface area contributed by atoms with E-state index in [9.17, 15) is 22.4 Å². The smallest absolute Gasteiger partial charge is 0.244 e. The van der Waals surface area contributed by atoms with Gasteiger partial charge in [-0.05, 0) is 50.1 Å². The Morgan fingerprint density at radius 2 is 1.78 bits per heavy atom. The van der Waals surface area contributed by atoms with Gasteiger partial charge in [0.15, 0.2) is 0 Å². The molecule has 0 aliphatic carbocycles. The number of anilines is 1. The molecule has 9 heteroatoms. The van der Waals surface area contributed by atoms with Crippen LogP contribution in [0.5, 0.6) is 0 Å². The van der Waals surface area contributed by atoms with Crippen molar-refractivity contribution in [1.82, 2.24) is 10.2 Å². The highest BCUT2D eigenvalue weighted by Gasteiger charge is 2.30. The summed E-state index contributed by atoms with van der Waals surface area (Å²) in [6.07, 6.45) is 1.72. The second-order valence-electron chi connectivity index (χ2n) is 7.72. The van der Waals surface area contributed by atoms with Crippen LogP contribution in [0.4, 0.5) is 10.1 Å². The van der Waals surface area contributed by atoms with Crippen molar-refractivity contribution in [3.63, 3.8) is 0 Å². The highest BCUT2D eigenvalue weighted by Crippen LogP contribution is 2.19. The zero-order valence-electron chi connectivity index (χ0n) is 18.8. The van der Waals surface area contributed by atoms with E-state index in [0.29, 0.717) is 6.54 Å². The molecule has 0 aliphatic rings. The molecule has 0 saturated carbocycles. The molecule has 0 aliphatic heterocycles. The molecule has 1 atom stereocenters. The second kappa shape index (κ2) is 11.1. The number of benzene rings is 2. The maximum Gasteiger partial charge on any atom is 0.244 e. The molecule has 0 fully saturated rings. The summed E-state index contributed by atoms with van der Waals surface area (Å²) in [7, 11) is -3.84. The zero-order valence-corrected chi connectivity index (χ0v) is 19.7. The van der Waals surface area contributed by atoms with Gasteiger partial charge in [-0.25, -0.2) is 12.8 Å². The molecule has 32 heavy (non-hydrogen) atoms. The maximum atomic E-state index is 13.3. The molecule has 0 radical (unpaired) electrons. The number of nitrogens with zero attached hydrogens (tertiary/aromatic N) is 2. The number of aryl methyl sites for hydroxylation is 1. The van der Waals surface area contributed by atoms with Gasteiger partial charge in [0, 0.05) is 13.1 Å². The van der Waals surface area contributed by atoms with Crippen molar-refractivity contribution in [2.45, 2.75) is 39.8 Å². The molecule has 2 aromatic rings. The number of hydrogen-bond donors (Lipinski definition) is 1. The summed E-state index contributed by atoms with van der Waals surface area (Å²) in [4.78, 5) is 27.3. The van der Waals surface area contributed by atoms with Gasteiger partial charge in [0.1, 0.15) is 18.4 Å². The predicted octanol–water partition coefficient (Wildman–Crippen LogP) is 2.84. The maximum absolute atomic E-state index is 13.3. The third kappa shape index (κ3) is 7.05. The van der Waals surface area contributed by atoms with Gasteiger partial charge in [0.25, 0.3) is 0 Å². The molecule has 1 N–H and O–H groups in total. The van der Waals surface area contributed by atoms with E-state index in [1.54, 1.807) is 6.92 Å². The number of halogens is 1. The third-order valence-electron chi connectivity index (χ3n) is 4.95. The lowest BCUT2D eigenvalue weighted by atomic mass is 10.1. The lowest BCUT2D eigenvalue weighted by Gasteiger charge is -2.31. The van der Waals surface area contributed by atoms with Crippen molar-refractivity contribution in [1.29, 1.82) is 0 Å². The summed E-state index contributed by atoms with van der Waals surface area (Å²) in [5.41, 5.74) is 1.99. The van der Waals surface area contributed by atoms with E-state index < -0.39 is 34.3 Å². The average molecular weight is 464 g/mol. The van der Waals surface area contributed by atoms with Crippen LogP contribution in [0.3, 0.4) is 0 Å². The normalized spacial score (nSPS) is 12.2. The Kier molecular flexibility index (Phi) is 8.77. The van der Waals surface area contributed by atoms with Gasteiger partial charge < -0.3 is 10.2 Å². The van der Waals surface area contributed by atoms with E-state index >= 15 is 0 Å². The molecule has 2 aromatic carbocycles. The van der Waals surface area contributed by atoms with Gasteiger partial charge in [-0.15, -0.1) is 0 Å². The summed E-state index contributed by atoms with van der Waals surface area (Å²) < 4.78 is 39.0. The molecular formula is C23H30FN3O4S. The zero-order chi connectivity index (χ0) is 23.9. The van der Waals surface area contributed by atoms with Gasteiger partial charge >= 0.3 is 0 Å². The van der Waals surface area contributed by atoms with Crippen LogP contribution in [0.15, 0.2) is 48.5 Å². The largest absolute Gasteiger partial charge is 0.354 e. The molecular weight excluding hydrogens is 433 g/mol. The number of carbonyl (C=O) groups is 2. The Bertz CT molecular complexity index is 1040. The van der Waals surface area contributed by atoms with Gasteiger partial charge in [-0.3, -0.25) is 13.9 Å². The van der Waals surface area contributed by atoms with E-state index in [2.05, 4.69) is 5.32 Å². The lowest BCUT2D eigenvalue weighted by Crippen LogP contribution is -2.51. The van der Waals surface area contributed by atoms with Crippen molar-refractivity contribution in [2.75, 3.05) is 23.7 Å². The minimum Gasteiger partial charge on any atom is -0.354 e. The van der Waals surface area contributed by atoms with E-state index in [1.165, 1.54) is 17.0 Å². The molecule has 0 saturated heterocycles. The fourth-order valence-electron chi connectivity index (χ4n) is 3.21. The number of carbonyl (C=O) groups excluding carboxylic acids is 2. The number of amides is 2. The first kappa shape index (κ1) is 25.3. The monoisotopic (exact) mass is 463 g/mol. The van der Waals surface area contributed by atoms with Crippen LogP contribution >= 0.6 is 0 Å². The van der Waals surface area contributed by atoms with E-state index in [0.717, 1.165) is 40.2 Å². The average Bonchev–Trinajstić information content (AvgIpc) is 2.73. The van der Waals surface area contributed by atoms with Gasteiger partial charge in [0.05, 0.1) is 11.9 Å². The minimum absolute atomic E-state index is 0.141. The molecule has 2 rings (SSSR count). The third-order valence-corrected chi connectivity index (χ3v) is 6.09. The Morgan fingerprint density at radius 1 is 1.12 bits per heavy atom. The van der Waals surface area contributed by atoms with Crippen LogP contribution in [-0.4, -0.2) is 50.5 Å². The Hall–Kier alpha value is -2.94. The van der Waals surface area contributed by atoms with Crippen molar-refractivity contribution >= 4 is 27.5 Å². The number of sulfonamides is 1. The Balaban J connectivity index is 2.35. The minimum atomic E-state index is -3.84. The highest BCUT2D eigenvalue weighted by atomic mass is 32.2. The SMILES string of the molecule is CCCNC(=O)C(C)N(Cc1cccc(C)c1)C(=O)CN(c1ccc(F)cc1)S(C)(=O)=O. The van der Waals surface area contributed by atoms with Crippen LogP contribution in [-0.2, 0) is 26.2 Å². The summed E-state index contributed by atoms with van der Waals surface area (Å²) in [6, 6.07) is 11.6. The van der Waals surface area contributed by atoms with Gasteiger partial charge in [-0.2, -0.15) is 0 Å². The van der Waals surface area contributed by atoms with Crippen molar-refractivity contribution in [2.24, 2.45) is 0 Å². The Labute approximate surface area is 189 Å². The topological polar surface area (TPSA) is 86.8 Å². The summed E-state index contributed by atoms with van der Waals surface area (Å²) >= 11 is 0. The second-order valence-corrected chi connectivity index (χ2v) is 9.63. The fourth-order valence-corrected chi connectivity index (χ4v) is 4.06. The van der Waals surface area contributed by atoms with Crippen LogP contribution in [0, 0.1) is 12.7 Å². The summed E-state index contributed by atoms with van der Waals surface area (Å²) in [5, 5.41) is 2.78.